The highest BCUT2D eigenvalue weighted by Gasteiger charge is 2.48. The summed E-state index contributed by atoms with van der Waals surface area (Å²) in [5.41, 5.74) is 0.630. The molecule has 3 heteroatoms. The lowest BCUT2D eigenvalue weighted by Gasteiger charge is -2.55. The zero-order valence-electron chi connectivity index (χ0n) is 10.2. The summed E-state index contributed by atoms with van der Waals surface area (Å²) in [5, 5.41) is 12.4. The minimum absolute atomic E-state index is 0.317. The van der Waals surface area contributed by atoms with Crippen LogP contribution in [0.1, 0.15) is 58.3 Å². The number of unbranched alkanes of at least 4 members (excludes halogenated alkanes) is 1. The molecule has 16 heavy (non-hydrogen) atoms. The minimum atomic E-state index is -0.678. The van der Waals surface area contributed by atoms with E-state index in [-0.39, 0.29) is 6.04 Å². The van der Waals surface area contributed by atoms with Gasteiger partial charge in [-0.25, -0.2) is 0 Å². The standard InChI is InChI=1S/C13H23NO2/c1-2-3-5-11(12(15)16)14-10-8-13(9-10)6-4-7-13/h10-11,14H,2-9H2,1H3,(H,15,16). The summed E-state index contributed by atoms with van der Waals surface area (Å²) < 4.78 is 0. The van der Waals surface area contributed by atoms with Crippen molar-refractivity contribution in [3.8, 4) is 0 Å². The van der Waals surface area contributed by atoms with Crippen molar-refractivity contribution in [3.05, 3.63) is 0 Å². The van der Waals surface area contributed by atoms with Gasteiger partial charge in [-0.15, -0.1) is 0 Å². The third kappa shape index (κ3) is 2.40. The number of carboxylic acids is 1. The predicted molar refractivity (Wildman–Crippen MR) is 63.4 cm³/mol. The molecule has 0 radical (unpaired) electrons. The van der Waals surface area contributed by atoms with Crippen molar-refractivity contribution >= 4 is 5.97 Å². The zero-order chi connectivity index (χ0) is 11.6. The highest BCUT2D eigenvalue weighted by molar-refractivity contribution is 5.73. The monoisotopic (exact) mass is 225 g/mol. The van der Waals surface area contributed by atoms with Crippen LogP contribution in [0, 0.1) is 5.41 Å². The molecule has 1 atom stereocenters. The number of hydrogen-bond acceptors (Lipinski definition) is 2. The molecule has 0 aliphatic heterocycles. The summed E-state index contributed by atoms with van der Waals surface area (Å²) in [4.78, 5) is 11.1. The first kappa shape index (κ1) is 11.9. The first-order chi connectivity index (χ1) is 7.65. The molecule has 2 aliphatic carbocycles. The van der Waals surface area contributed by atoms with E-state index in [1.54, 1.807) is 0 Å². The number of nitrogens with one attached hydrogen (secondary N) is 1. The van der Waals surface area contributed by atoms with Crippen molar-refractivity contribution < 1.29 is 9.90 Å². The van der Waals surface area contributed by atoms with Crippen LogP contribution in [0.3, 0.4) is 0 Å². The smallest absolute Gasteiger partial charge is 0.320 e. The molecule has 0 heterocycles. The fraction of sp³-hybridized carbons (Fsp3) is 0.923. The molecule has 2 aliphatic rings. The fourth-order valence-corrected chi connectivity index (χ4v) is 3.16. The van der Waals surface area contributed by atoms with E-state index in [2.05, 4.69) is 12.2 Å². The van der Waals surface area contributed by atoms with E-state index in [0.717, 1.165) is 19.3 Å². The molecule has 1 spiro atoms. The van der Waals surface area contributed by atoms with Gasteiger partial charge in [-0.1, -0.05) is 26.2 Å². The zero-order valence-corrected chi connectivity index (χ0v) is 10.2. The van der Waals surface area contributed by atoms with Crippen molar-refractivity contribution in [1.82, 2.24) is 5.32 Å². The van der Waals surface area contributed by atoms with Crippen LogP contribution in [-0.4, -0.2) is 23.2 Å². The Morgan fingerprint density at radius 2 is 2.19 bits per heavy atom. The van der Waals surface area contributed by atoms with Crippen LogP contribution in [0.15, 0.2) is 0 Å². The number of carbonyl (C=O) groups is 1. The Hall–Kier alpha value is -0.570. The Morgan fingerprint density at radius 1 is 1.50 bits per heavy atom. The Kier molecular flexibility index (Phi) is 3.53. The van der Waals surface area contributed by atoms with E-state index in [4.69, 9.17) is 5.11 Å². The SMILES string of the molecule is CCCCC(NC1CC2(CCC2)C1)C(=O)O. The van der Waals surface area contributed by atoms with Crippen LogP contribution in [-0.2, 0) is 4.79 Å². The van der Waals surface area contributed by atoms with E-state index in [1.165, 1.54) is 32.1 Å². The highest BCUT2D eigenvalue weighted by atomic mass is 16.4. The molecular formula is C13H23NO2. The fourth-order valence-electron chi connectivity index (χ4n) is 3.16. The molecule has 0 aromatic carbocycles. The molecule has 0 amide bonds. The molecule has 2 N–H and O–H groups in total. The van der Waals surface area contributed by atoms with Crippen LogP contribution < -0.4 is 5.32 Å². The van der Waals surface area contributed by atoms with E-state index >= 15 is 0 Å². The van der Waals surface area contributed by atoms with E-state index in [1.807, 2.05) is 0 Å². The lowest BCUT2D eigenvalue weighted by atomic mass is 9.54. The molecule has 0 saturated heterocycles. The third-order valence-corrected chi connectivity index (χ3v) is 4.35. The molecule has 2 saturated carbocycles. The number of carboxylic acid groups (broad SMARTS) is 1. The quantitative estimate of drug-likeness (QED) is 0.730. The second kappa shape index (κ2) is 4.74. The Labute approximate surface area is 97.6 Å². The Morgan fingerprint density at radius 3 is 2.62 bits per heavy atom. The van der Waals surface area contributed by atoms with Crippen molar-refractivity contribution in [3.63, 3.8) is 0 Å². The van der Waals surface area contributed by atoms with Crippen LogP contribution in [0.2, 0.25) is 0 Å². The molecule has 92 valence electrons. The lowest BCUT2D eigenvalue weighted by molar-refractivity contribution is -0.140. The molecule has 2 rings (SSSR count). The summed E-state index contributed by atoms with van der Waals surface area (Å²) in [6, 6.07) is 0.153. The number of hydrogen-bond donors (Lipinski definition) is 2. The van der Waals surface area contributed by atoms with Crippen molar-refractivity contribution in [2.45, 2.75) is 70.4 Å². The van der Waals surface area contributed by atoms with Crippen LogP contribution in [0.4, 0.5) is 0 Å². The number of aliphatic carboxylic acids is 1. The average molecular weight is 225 g/mol. The van der Waals surface area contributed by atoms with E-state index in [0.29, 0.717) is 11.5 Å². The maximum atomic E-state index is 11.1. The van der Waals surface area contributed by atoms with Gasteiger partial charge in [0.2, 0.25) is 0 Å². The van der Waals surface area contributed by atoms with Gasteiger partial charge in [-0.05, 0) is 37.5 Å². The third-order valence-electron chi connectivity index (χ3n) is 4.35. The average Bonchev–Trinajstić information content (AvgIpc) is 2.11. The molecule has 2 fully saturated rings. The number of rotatable bonds is 6. The molecule has 0 aromatic heterocycles. The summed E-state index contributed by atoms with van der Waals surface area (Å²) in [7, 11) is 0. The molecule has 3 nitrogen and oxygen atoms in total. The second-order valence-electron chi connectivity index (χ2n) is 5.66. The molecular weight excluding hydrogens is 202 g/mol. The lowest BCUT2D eigenvalue weighted by Crippen LogP contribution is -2.56. The molecule has 1 unspecified atom stereocenters. The highest BCUT2D eigenvalue weighted by Crippen LogP contribution is 2.55. The van der Waals surface area contributed by atoms with Gasteiger partial charge in [0.1, 0.15) is 6.04 Å². The first-order valence-electron chi connectivity index (χ1n) is 6.64. The molecule has 0 bridgehead atoms. The van der Waals surface area contributed by atoms with Gasteiger partial charge in [0.15, 0.2) is 0 Å². The Balaban J connectivity index is 1.72. The van der Waals surface area contributed by atoms with Gasteiger partial charge >= 0.3 is 5.97 Å². The van der Waals surface area contributed by atoms with Crippen molar-refractivity contribution in [2.75, 3.05) is 0 Å². The predicted octanol–water partition coefficient (Wildman–Crippen LogP) is 2.55. The van der Waals surface area contributed by atoms with Crippen LogP contribution in [0.5, 0.6) is 0 Å². The van der Waals surface area contributed by atoms with Gasteiger partial charge in [-0.3, -0.25) is 4.79 Å². The second-order valence-corrected chi connectivity index (χ2v) is 5.66. The first-order valence-corrected chi connectivity index (χ1v) is 6.64. The largest absolute Gasteiger partial charge is 0.480 e. The topological polar surface area (TPSA) is 49.3 Å². The van der Waals surface area contributed by atoms with Gasteiger partial charge < -0.3 is 10.4 Å². The molecule has 0 aromatic rings. The summed E-state index contributed by atoms with van der Waals surface area (Å²) in [6.07, 6.45) is 9.39. The van der Waals surface area contributed by atoms with Crippen LogP contribution >= 0.6 is 0 Å². The summed E-state index contributed by atoms with van der Waals surface area (Å²) in [6.45, 7) is 2.10. The summed E-state index contributed by atoms with van der Waals surface area (Å²) in [5.74, 6) is -0.678. The van der Waals surface area contributed by atoms with E-state index < -0.39 is 5.97 Å². The normalized spacial score (nSPS) is 24.8. The minimum Gasteiger partial charge on any atom is -0.480 e. The van der Waals surface area contributed by atoms with Gasteiger partial charge in [0.25, 0.3) is 0 Å². The van der Waals surface area contributed by atoms with Crippen molar-refractivity contribution in [1.29, 1.82) is 0 Å². The van der Waals surface area contributed by atoms with Crippen LogP contribution in [0.25, 0.3) is 0 Å². The Bertz CT molecular complexity index is 253. The maximum absolute atomic E-state index is 11.1. The van der Waals surface area contributed by atoms with Gasteiger partial charge in [-0.2, -0.15) is 0 Å². The summed E-state index contributed by atoms with van der Waals surface area (Å²) >= 11 is 0. The van der Waals surface area contributed by atoms with E-state index in [9.17, 15) is 4.79 Å². The van der Waals surface area contributed by atoms with Gasteiger partial charge in [0.05, 0.1) is 0 Å². The van der Waals surface area contributed by atoms with Crippen molar-refractivity contribution in [2.24, 2.45) is 5.41 Å². The maximum Gasteiger partial charge on any atom is 0.320 e. The van der Waals surface area contributed by atoms with Gasteiger partial charge in [0, 0.05) is 6.04 Å².